The summed E-state index contributed by atoms with van der Waals surface area (Å²) in [7, 11) is 2.08. The lowest BCUT2D eigenvalue weighted by Crippen LogP contribution is -2.28. The summed E-state index contributed by atoms with van der Waals surface area (Å²) in [4.78, 5) is 0. The highest BCUT2D eigenvalue weighted by Crippen LogP contribution is 2.42. The molecule has 38 heavy (non-hydrogen) atoms. The van der Waals surface area contributed by atoms with Gasteiger partial charge in [0, 0.05) is 21.9 Å². The van der Waals surface area contributed by atoms with Crippen LogP contribution in [0.2, 0.25) is 0 Å². The molecule has 0 saturated carbocycles. The predicted molar refractivity (Wildman–Crippen MR) is 162 cm³/mol. The topological polar surface area (TPSA) is 8.29 Å². The van der Waals surface area contributed by atoms with Gasteiger partial charge in [-0.05, 0) is 69.4 Å². The number of aromatic nitrogens is 2. The number of hydrogen-bond acceptors (Lipinski definition) is 0. The van der Waals surface area contributed by atoms with Crippen molar-refractivity contribution in [1.29, 1.82) is 0 Å². The van der Waals surface area contributed by atoms with E-state index in [0.717, 1.165) is 38.6 Å². The molecular formula is C35H44FN2+. The maximum Gasteiger partial charge on any atom is 0.295 e. The normalized spacial score (nSPS) is 13.3. The Morgan fingerprint density at radius 1 is 0.868 bits per heavy atom. The zero-order valence-corrected chi connectivity index (χ0v) is 25.0. The molecule has 2 aromatic heterocycles. The molecule has 0 aliphatic carbocycles. The molecule has 0 radical (unpaired) electrons. The minimum absolute atomic E-state index is 0.145. The van der Waals surface area contributed by atoms with Gasteiger partial charge in [-0.3, -0.25) is 0 Å². The predicted octanol–water partition coefficient (Wildman–Crippen LogP) is 9.62. The smallest absolute Gasteiger partial charge is 0.239 e. The fourth-order valence-electron chi connectivity index (χ4n) is 5.66. The van der Waals surface area contributed by atoms with Crippen LogP contribution in [0, 0.1) is 33.6 Å². The molecule has 0 aliphatic rings. The minimum atomic E-state index is -1.45. The highest BCUT2D eigenvalue weighted by Gasteiger charge is 2.35. The second-order valence-electron chi connectivity index (χ2n) is 11.5. The van der Waals surface area contributed by atoms with E-state index in [9.17, 15) is 0 Å². The average molecular weight is 512 g/mol. The van der Waals surface area contributed by atoms with Gasteiger partial charge < -0.3 is 0 Å². The molecule has 5 rings (SSSR count). The van der Waals surface area contributed by atoms with Gasteiger partial charge in [0.1, 0.15) is 17.4 Å². The first-order valence-corrected chi connectivity index (χ1v) is 14.1. The number of alkyl halides is 1. The van der Waals surface area contributed by atoms with E-state index in [1.807, 2.05) is 26.0 Å². The molecular weight excluding hydrogens is 467 g/mol. The quantitative estimate of drug-likeness (QED) is 0.168. The van der Waals surface area contributed by atoms with Crippen LogP contribution in [-0.2, 0) is 12.7 Å². The summed E-state index contributed by atoms with van der Waals surface area (Å²) >= 11 is 0. The standard InChI is InChI=1S/C31H34FN2.C4H10/c1-18(2)31(7,32)25-11-9-10-24-23-13-12-19(3)16-26(23)34-27(17-33(8)30(34)29(24)25)28-21(5)14-20(4)15-22(28)6;1-3-4-2/h9-18H,1-8H3;3-4H2,1-2H3/q+1;. The van der Waals surface area contributed by atoms with Crippen LogP contribution >= 0.6 is 0 Å². The van der Waals surface area contributed by atoms with Gasteiger partial charge in [0.25, 0.3) is 5.65 Å². The van der Waals surface area contributed by atoms with Gasteiger partial charge in [-0.25, -0.2) is 8.96 Å². The van der Waals surface area contributed by atoms with E-state index in [2.05, 4.69) is 100 Å². The Balaban J connectivity index is 0.000000786. The Labute approximate surface area is 228 Å². The van der Waals surface area contributed by atoms with Crippen LogP contribution in [0.1, 0.15) is 75.3 Å². The van der Waals surface area contributed by atoms with Crippen LogP contribution in [0.5, 0.6) is 0 Å². The first kappa shape index (κ1) is 27.8. The van der Waals surface area contributed by atoms with Gasteiger partial charge >= 0.3 is 0 Å². The molecule has 5 aromatic rings. The first-order chi connectivity index (χ1) is 17.9. The largest absolute Gasteiger partial charge is 0.295 e. The molecule has 0 N–H and O–H groups in total. The second-order valence-corrected chi connectivity index (χ2v) is 11.5. The molecule has 0 amide bonds. The number of rotatable bonds is 4. The second kappa shape index (κ2) is 10.5. The maximum absolute atomic E-state index is 16.3. The molecule has 200 valence electrons. The van der Waals surface area contributed by atoms with Crippen molar-refractivity contribution in [1.82, 2.24) is 4.40 Å². The number of unbranched alkanes of at least 4 members (excludes halogenated alkanes) is 1. The van der Waals surface area contributed by atoms with Crippen molar-refractivity contribution >= 4 is 27.3 Å². The summed E-state index contributed by atoms with van der Waals surface area (Å²) in [6.07, 6.45) is 4.85. The molecule has 3 aromatic carbocycles. The van der Waals surface area contributed by atoms with Gasteiger partial charge in [0.05, 0.1) is 12.4 Å². The van der Waals surface area contributed by atoms with E-state index in [1.54, 1.807) is 6.92 Å². The highest BCUT2D eigenvalue weighted by atomic mass is 19.1. The molecule has 0 spiro atoms. The van der Waals surface area contributed by atoms with E-state index in [0.29, 0.717) is 0 Å². The van der Waals surface area contributed by atoms with Crippen LogP contribution in [0.4, 0.5) is 4.39 Å². The number of aryl methyl sites for hydroxylation is 5. The van der Waals surface area contributed by atoms with Crippen LogP contribution in [0.25, 0.3) is 38.6 Å². The fraction of sp³-hybridized carbons (Fsp3) is 0.400. The molecule has 0 bridgehead atoms. The summed E-state index contributed by atoms with van der Waals surface area (Å²) in [6, 6.07) is 17.2. The highest BCUT2D eigenvalue weighted by molar-refractivity contribution is 6.13. The van der Waals surface area contributed by atoms with Gasteiger partial charge in [-0.1, -0.05) is 82.5 Å². The van der Waals surface area contributed by atoms with Gasteiger partial charge in [0.2, 0.25) is 0 Å². The Kier molecular flexibility index (Phi) is 7.70. The Morgan fingerprint density at radius 2 is 1.50 bits per heavy atom. The zero-order chi connectivity index (χ0) is 27.9. The Hall–Kier alpha value is -3.20. The third kappa shape index (κ3) is 4.61. The number of nitrogens with zero attached hydrogens (tertiary/aromatic N) is 2. The Bertz CT molecular complexity index is 1610. The van der Waals surface area contributed by atoms with Crippen LogP contribution in [-0.4, -0.2) is 4.40 Å². The lowest BCUT2D eigenvalue weighted by molar-refractivity contribution is -0.643. The number of halogens is 1. The Morgan fingerprint density at radius 3 is 2.08 bits per heavy atom. The molecule has 0 aliphatic heterocycles. The molecule has 1 atom stereocenters. The fourth-order valence-corrected chi connectivity index (χ4v) is 5.66. The summed E-state index contributed by atoms with van der Waals surface area (Å²) in [6.45, 7) is 18.7. The number of imidazole rings is 1. The molecule has 0 saturated heterocycles. The van der Waals surface area contributed by atoms with Crippen LogP contribution in [0.3, 0.4) is 0 Å². The number of hydrogen-bond donors (Lipinski definition) is 0. The molecule has 2 heterocycles. The lowest BCUT2D eigenvalue weighted by Gasteiger charge is -2.26. The number of benzene rings is 3. The SMILES string of the molecule is CCCC.Cc1cc(C)c(-c2c[n+](C)c3c4c(C(C)(F)C(C)C)cccc4c4ccc(C)cc4n23)c(C)c1. The van der Waals surface area contributed by atoms with Crippen molar-refractivity contribution in [2.24, 2.45) is 13.0 Å². The third-order valence-electron chi connectivity index (χ3n) is 8.12. The maximum atomic E-state index is 16.3. The molecule has 3 heteroatoms. The minimum Gasteiger partial charge on any atom is -0.239 e. The summed E-state index contributed by atoms with van der Waals surface area (Å²) in [5.41, 5.74) is 8.85. The summed E-state index contributed by atoms with van der Waals surface area (Å²) in [5.74, 6) is -0.145. The van der Waals surface area contributed by atoms with E-state index >= 15 is 4.39 Å². The van der Waals surface area contributed by atoms with Crippen LogP contribution in [0.15, 0.2) is 54.7 Å². The molecule has 1 unspecified atom stereocenters. The van der Waals surface area contributed by atoms with Crippen molar-refractivity contribution < 1.29 is 8.96 Å². The van der Waals surface area contributed by atoms with Crippen molar-refractivity contribution in [2.75, 3.05) is 0 Å². The van der Waals surface area contributed by atoms with E-state index in [-0.39, 0.29) is 5.92 Å². The van der Waals surface area contributed by atoms with Crippen molar-refractivity contribution in [3.8, 4) is 11.3 Å². The number of fused-ring (bicyclic) bond motifs is 6. The van der Waals surface area contributed by atoms with Gasteiger partial charge in [-0.15, -0.1) is 0 Å². The monoisotopic (exact) mass is 511 g/mol. The van der Waals surface area contributed by atoms with Crippen molar-refractivity contribution in [3.63, 3.8) is 0 Å². The average Bonchev–Trinajstić information content (AvgIpc) is 3.19. The third-order valence-corrected chi connectivity index (χ3v) is 8.12. The molecule has 2 nitrogen and oxygen atoms in total. The van der Waals surface area contributed by atoms with E-state index in [4.69, 9.17) is 0 Å². The lowest BCUT2D eigenvalue weighted by atomic mass is 9.84. The summed E-state index contributed by atoms with van der Waals surface area (Å²) < 4.78 is 20.8. The summed E-state index contributed by atoms with van der Waals surface area (Å²) in [5, 5.41) is 3.24. The van der Waals surface area contributed by atoms with E-state index in [1.165, 1.54) is 40.7 Å². The van der Waals surface area contributed by atoms with Crippen molar-refractivity contribution in [3.05, 3.63) is 82.5 Å². The first-order valence-electron chi connectivity index (χ1n) is 14.1. The van der Waals surface area contributed by atoms with Crippen LogP contribution < -0.4 is 4.57 Å². The van der Waals surface area contributed by atoms with Gasteiger partial charge in [0.15, 0.2) is 5.69 Å². The van der Waals surface area contributed by atoms with E-state index < -0.39 is 5.67 Å². The van der Waals surface area contributed by atoms with Gasteiger partial charge in [-0.2, -0.15) is 4.40 Å². The number of pyridine rings is 1. The zero-order valence-electron chi connectivity index (χ0n) is 25.0. The molecule has 0 fully saturated rings. The van der Waals surface area contributed by atoms with Crippen molar-refractivity contribution in [2.45, 2.75) is 80.8 Å².